The zero-order valence-electron chi connectivity index (χ0n) is 16.7. The van der Waals surface area contributed by atoms with Gasteiger partial charge in [-0.3, -0.25) is 9.79 Å². The normalized spacial score (nSPS) is 14.3. The van der Waals surface area contributed by atoms with E-state index in [2.05, 4.69) is 52.8 Å². The predicted molar refractivity (Wildman–Crippen MR) is 122 cm³/mol. The highest BCUT2D eigenvalue weighted by Gasteiger charge is 2.22. The van der Waals surface area contributed by atoms with Crippen molar-refractivity contribution >= 4 is 47.2 Å². The van der Waals surface area contributed by atoms with Crippen molar-refractivity contribution in [1.82, 2.24) is 20.5 Å². The van der Waals surface area contributed by atoms with Gasteiger partial charge >= 0.3 is 0 Å². The van der Waals surface area contributed by atoms with Crippen molar-refractivity contribution in [3.8, 4) is 0 Å². The van der Waals surface area contributed by atoms with Gasteiger partial charge in [-0.1, -0.05) is 20.8 Å². The monoisotopic (exact) mass is 517 g/mol. The van der Waals surface area contributed by atoms with E-state index in [1.807, 2.05) is 4.90 Å². The minimum absolute atomic E-state index is 0. The Kier molecular flexibility index (Phi) is 7.87. The van der Waals surface area contributed by atoms with Gasteiger partial charge in [0.15, 0.2) is 5.96 Å². The van der Waals surface area contributed by atoms with Gasteiger partial charge in [0.1, 0.15) is 5.76 Å². The molecule has 2 aromatic heterocycles. The van der Waals surface area contributed by atoms with Gasteiger partial charge in [0, 0.05) is 30.4 Å². The maximum absolute atomic E-state index is 12.5. The van der Waals surface area contributed by atoms with Gasteiger partial charge in [0.05, 0.1) is 19.3 Å². The Morgan fingerprint density at radius 3 is 2.86 bits per heavy atom. The number of guanidine groups is 1. The van der Waals surface area contributed by atoms with Crippen molar-refractivity contribution in [2.75, 3.05) is 20.1 Å². The molecule has 28 heavy (non-hydrogen) atoms. The van der Waals surface area contributed by atoms with Gasteiger partial charge in [0.25, 0.3) is 0 Å². The van der Waals surface area contributed by atoms with Crippen LogP contribution in [0.1, 0.15) is 42.9 Å². The van der Waals surface area contributed by atoms with Gasteiger partial charge in [-0.25, -0.2) is 4.98 Å². The lowest BCUT2D eigenvalue weighted by Gasteiger charge is -2.27. The van der Waals surface area contributed by atoms with E-state index in [1.54, 1.807) is 24.6 Å². The molecule has 154 valence electrons. The number of halogens is 1. The molecular formula is C19H28IN5O2S. The second-order valence-corrected chi connectivity index (χ2v) is 8.58. The molecule has 2 N–H and O–H groups in total. The lowest BCUT2D eigenvalue weighted by molar-refractivity contribution is -0.130. The van der Waals surface area contributed by atoms with Crippen LogP contribution in [0.5, 0.6) is 0 Å². The fraction of sp³-hybridized carbons (Fsp3) is 0.526. The zero-order valence-corrected chi connectivity index (χ0v) is 19.9. The maximum atomic E-state index is 12.5. The van der Waals surface area contributed by atoms with Gasteiger partial charge < -0.3 is 20.0 Å². The van der Waals surface area contributed by atoms with Crippen molar-refractivity contribution in [3.05, 3.63) is 39.7 Å². The number of aliphatic imine (C=N–C) groups is 1. The van der Waals surface area contributed by atoms with E-state index in [-0.39, 0.29) is 41.8 Å². The largest absolute Gasteiger partial charge is 0.443 e. The molecule has 0 unspecified atom stereocenters. The average molecular weight is 517 g/mol. The SMILES string of the molecule is CN=C(NCC(=O)N1CCc2sccc2C1)NCc1ncc(C(C)(C)C)o1.I. The Morgan fingerprint density at radius 1 is 1.39 bits per heavy atom. The van der Waals surface area contributed by atoms with E-state index in [1.165, 1.54) is 10.4 Å². The second-order valence-electron chi connectivity index (χ2n) is 7.58. The number of hydrogen-bond donors (Lipinski definition) is 2. The first-order valence-electron chi connectivity index (χ1n) is 9.09. The van der Waals surface area contributed by atoms with Crippen LogP contribution in [-0.2, 0) is 29.7 Å². The number of oxazole rings is 1. The van der Waals surface area contributed by atoms with Crippen LogP contribution in [0.25, 0.3) is 0 Å². The smallest absolute Gasteiger partial charge is 0.242 e. The molecule has 2 aromatic rings. The van der Waals surface area contributed by atoms with E-state index >= 15 is 0 Å². The van der Waals surface area contributed by atoms with Crippen LogP contribution in [0.15, 0.2) is 27.1 Å². The molecule has 9 heteroatoms. The number of amides is 1. The van der Waals surface area contributed by atoms with E-state index in [0.29, 0.717) is 24.9 Å². The first-order valence-corrected chi connectivity index (χ1v) is 9.97. The van der Waals surface area contributed by atoms with Crippen LogP contribution in [0, 0.1) is 0 Å². The lowest BCUT2D eigenvalue weighted by Crippen LogP contribution is -2.45. The summed E-state index contributed by atoms with van der Waals surface area (Å²) >= 11 is 1.77. The molecule has 0 radical (unpaired) electrons. The Hall–Kier alpha value is -1.62. The number of carbonyl (C=O) groups excluding carboxylic acids is 1. The van der Waals surface area contributed by atoms with Crippen LogP contribution in [-0.4, -0.2) is 41.9 Å². The first-order chi connectivity index (χ1) is 12.9. The fourth-order valence-corrected chi connectivity index (χ4v) is 3.74. The highest BCUT2D eigenvalue weighted by molar-refractivity contribution is 14.0. The van der Waals surface area contributed by atoms with Crippen LogP contribution in [0.4, 0.5) is 0 Å². The summed E-state index contributed by atoms with van der Waals surface area (Å²) in [7, 11) is 1.68. The molecule has 0 fully saturated rings. The number of carbonyl (C=O) groups is 1. The summed E-state index contributed by atoms with van der Waals surface area (Å²) in [5, 5.41) is 8.30. The summed E-state index contributed by atoms with van der Waals surface area (Å²) < 4.78 is 5.76. The number of hydrogen-bond acceptors (Lipinski definition) is 5. The summed E-state index contributed by atoms with van der Waals surface area (Å²) in [5.41, 5.74) is 1.19. The molecule has 0 atom stereocenters. The molecule has 1 aliphatic rings. The average Bonchev–Trinajstić information content (AvgIpc) is 3.29. The first kappa shape index (κ1) is 22.7. The molecule has 3 heterocycles. The Balaban J connectivity index is 0.00000280. The molecule has 0 spiro atoms. The summed E-state index contributed by atoms with van der Waals surface area (Å²) in [6.45, 7) is 8.32. The fourth-order valence-electron chi connectivity index (χ4n) is 2.85. The van der Waals surface area contributed by atoms with E-state index < -0.39 is 0 Å². The van der Waals surface area contributed by atoms with Crippen molar-refractivity contribution in [3.63, 3.8) is 0 Å². The third kappa shape index (κ3) is 5.69. The molecule has 3 rings (SSSR count). The van der Waals surface area contributed by atoms with Crippen LogP contribution in [0.2, 0.25) is 0 Å². The van der Waals surface area contributed by atoms with Crippen LogP contribution >= 0.6 is 35.3 Å². The lowest BCUT2D eigenvalue weighted by atomic mass is 9.94. The minimum Gasteiger partial charge on any atom is -0.443 e. The van der Waals surface area contributed by atoms with Gasteiger partial charge in [-0.2, -0.15) is 0 Å². The standard InChI is InChI=1S/C19H27N5O2S.HI/c1-19(2,3)15-9-21-16(26-15)10-22-18(20-4)23-11-17(25)24-7-5-14-13(12-24)6-8-27-14;/h6,8-9H,5,7,10-12H2,1-4H3,(H2,20,22,23);1H. The third-order valence-corrected chi connectivity index (χ3v) is 5.51. The van der Waals surface area contributed by atoms with Crippen molar-refractivity contribution in [2.24, 2.45) is 4.99 Å². The number of fused-ring (bicyclic) bond motifs is 1. The number of nitrogens with one attached hydrogen (secondary N) is 2. The number of thiophene rings is 1. The Labute approximate surface area is 187 Å². The molecule has 0 saturated carbocycles. The number of nitrogens with zero attached hydrogens (tertiary/aromatic N) is 3. The van der Waals surface area contributed by atoms with Gasteiger partial charge in [0.2, 0.25) is 11.8 Å². The molecule has 0 bridgehead atoms. The molecule has 1 amide bonds. The zero-order chi connectivity index (χ0) is 19.4. The van der Waals surface area contributed by atoms with Crippen LogP contribution < -0.4 is 10.6 Å². The van der Waals surface area contributed by atoms with Crippen molar-refractivity contribution in [1.29, 1.82) is 0 Å². The minimum atomic E-state index is -0.0750. The van der Waals surface area contributed by atoms with E-state index in [4.69, 9.17) is 4.42 Å². The van der Waals surface area contributed by atoms with Crippen molar-refractivity contribution < 1.29 is 9.21 Å². The molecule has 7 nitrogen and oxygen atoms in total. The van der Waals surface area contributed by atoms with E-state index in [9.17, 15) is 4.79 Å². The highest BCUT2D eigenvalue weighted by Crippen LogP contribution is 2.24. The summed E-state index contributed by atoms with van der Waals surface area (Å²) in [5.74, 6) is 2.05. The van der Waals surface area contributed by atoms with Gasteiger partial charge in [-0.05, 0) is 23.4 Å². The third-order valence-electron chi connectivity index (χ3n) is 4.49. The topological polar surface area (TPSA) is 82.8 Å². The summed E-state index contributed by atoms with van der Waals surface area (Å²) in [4.78, 5) is 24.2. The molecular weight excluding hydrogens is 489 g/mol. The van der Waals surface area contributed by atoms with Gasteiger partial charge in [-0.15, -0.1) is 35.3 Å². The summed E-state index contributed by atoms with van der Waals surface area (Å²) in [6.07, 6.45) is 2.69. The van der Waals surface area contributed by atoms with E-state index in [0.717, 1.165) is 18.7 Å². The summed E-state index contributed by atoms with van der Waals surface area (Å²) in [6, 6.07) is 2.11. The quantitative estimate of drug-likeness (QED) is 0.371. The Morgan fingerprint density at radius 2 is 2.18 bits per heavy atom. The number of aromatic nitrogens is 1. The molecule has 0 aromatic carbocycles. The predicted octanol–water partition coefficient (Wildman–Crippen LogP) is 2.90. The maximum Gasteiger partial charge on any atom is 0.242 e. The number of rotatable bonds is 4. The van der Waals surface area contributed by atoms with Crippen molar-refractivity contribution in [2.45, 2.75) is 45.7 Å². The molecule has 0 saturated heterocycles. The molecule has 0 aliphatic carbocycles. The Bertz CT molecular complexity index is 824. The highest BCUT2D eigenvalue weighted by atomic mass is 127. The van der Waals surface area contributed by atoms with Crippen LogP contribution in [0.3, 0.4) is 0 Å². The second kappa shape index (κ2) is 9.73. The molecule has 1 aliphatic heterocycles.